The number of benzene rings is 2. The molecule has 0 spiro atoms. The van der Waals surface area contributed by atoms with Crippen LogP contribution < -0.4 is 9.47 Å². The summed E-state index contributed by atoms with van der Waals surface area (Å²) in [6.07, 6.45) is 0.514. The zero-order valence-corrected chi connectivity index (χ0v) is 13.7. The molecule has 0 unspecified atom stereocenters. The standard InChI is InChI=1S/C16H15BrO5/c1-3-22-11-7-5-4-6-9(11)12-10(8-18)14(19)16(21-2)15(20)13(12)17/h4-8,19-20H,3H2,1-2H3. The summed E-state index contributed by atoms with van der Waals surface area (Å²) < 4.78 is 10.7. The van der Waals surface area contributed by atoms with Crippen LogP contribution in [-0.2, 0) is 0 Å². The van der Waals surface area contributed by atoms with Crippen molar-refractivity contribution in [1.82, 2.24) is 0 Å². The third-order valence-electron chi connectivity index (χ3n) is 3.16. The Morgan fingerprint density at radius 1 is 1.23 bits per heavy atom. The Labute approximate surface area is 136 Å². The predicted octanol–water partition coefficient (Wildman–Crippen LogP) is 3.75. The Morgan fingerprint density at radius 2 is 1.91 bits per heavy atom. The number of aldehydes is 1. The smallest absolute Gasteiger partial charge is 0.204 e. The van der Waals surface area contributed by atoms with Crippen molar-refractivity contribution in [3.8, 4) is 34.1 Å². The summed E-state index contributed by atoms with van der Waals surface area (Å²) in [5.41, 5.74) is 0.926. The highest BCUT2D eigenvalue weighted by atomic mass is 79.9. The van der Waals surface area contributed by atoms with E-state index in [0.717, 1.165) is 0 Å². The number of ether oxygens (including phenoxy) is 2. The van der Waals surface area contributed by atoms with E-state index in [1.165, 1.54) is 7.11 Å². The van der Waals surface area contributed by atoms with Crippen LogP contribution in [0.25, 0.3) is 11.1 Å². The topological polar surface area (TPSA) is 76.0 Å². The van der Waals surface area contributed by atoms with E-state index in [1.54, 1.807) is 24.3 Å². The Morgan fingerprint density at radius 3 is 2.50 bits per heavy atom. The number of halogens is 1. The second kappa shape index (κ2) is 6.70. The van der Waals surface area contributed by atoms with E-state index in [4.69, 9.17) is 9.47 Å². The first-order chi connectivity index (χ1) is 10.6. The van der Waals surface area contributed by atoms with Crippen LogP contribution in [0, 0.1) is 0 Å². The molecule has 0 amide bonds. The van der Waals surface area contributed by atoms with Gasteiger partial charge in [-0.05, 0) is 28.9 Å². The van der Waals surface area contributed by atoms with E-state index in [1.807, 2.05) is 6.92 Å². The summed E-state index contributed by atoms with van der Waals surface area (Å²) in [4.78, 5) is 11.5. The van der Waals surface area contributed by atoms with Crippen LogP contribution >= 0.6 is 15.9 Å². The van der Waals surface area contributed by atoms with Gasteiger partial charge in [-0.3, -0.25) is 4.79 Å². The maximum Gasteiger partial charge on any atom is 0.204 e. The molecule has 2 aromatic carbocycles. The van der Waals surface area contributed by atoms with E-state index < -0.39 is 5.75 Å². The minimum atomic E-state index is -0.417. The number of para-hydroxylation sites is 1. The zero-order chi connectivity index (χ0) is 16.3. The number of carbonyl (C=O) groups is 1. The first-order valence-electron chi connectivity index (χ1n) is 6.55. The Bertz CT molecular complexity index is 712. The molecule has 2 aromatic rings. The lowest BCUT2D eigenvalue weighted by Gasteiger charge is -2.17. The van der Waals surface area contributed by atoms with Crippen LogP contribution in [0.2, 0.25) is 0 Å². The second-order valence-electron chi connectivity index (χ2n) is 4.38. The molecule has 0 heterocycles. The van der Waals surface area contributed by atoms with Crippen LogP contribution in [0.5, 0.6) is 23.0 Å². The van der Waals surface area contributed by atoms with Crippen molar-refractivity contribution in [2.45, 2.75) is 6.92 Å². The van der Waals surface area contributed by atoms with Crippen molar-refractivity contribution in [2.75, 3.05) is 13.7 Å². The molecule has 0 aliphatic carbocycles. The molecular formula is C16H15BrO5. The highest BCUT2D eigenvalue weighted by Crippen LogP contribution is 2.51. The fraction of sp³-hybridized carbons (Fsp3) is 0.188. The van der Waals surface area contributed by atoms with Gasteiger partial charge in [-0.2, -0.15) is 0 Å². The van der Waals surface area contributed by atoms with Crippen molar-refractivity contribution in [3.63, 3.8) is 0 Å². The molecular weight excluding hydrogens is 352 g/mol. The average Bonchev–Trinajstić information content (AvgIpc) is 2.52. The molecule has 0 fully saturated rings. The lowest BCUT2D eigenvalue weighted by Crippen LogP contribution is -1.99. The van der Waals surface area contributed by atoms with Crippen LogP contribution in [0.1, 0.15) is 17.3 Å². The molecule has 0 bridgehead atoms. The van der Waals surface area contributed by atoms with Crippen molar-refractivity contribution >= 4 is 22.2 Å². The predicted molar refractivity (Wildman–Crippen MR) is 86.0 cm³/mol. The van der Waals surface area contributed by atoms with Gasteiger partial charge in [0.1, 0.15) is 5.75 Å². The van der Waals surface area contributed by atoms with Gasteiger partial charge in [0.05, 0.1) is 23.8 Å². The Balaban J connectivity index is 2.84. The van der Waals surface area contributed by atoms with Gasteiger partial charge >= 0.3 is 0 Å². The lowest BCUT2D eigenvalue weighted by molar-refractivity contribution is 0.112. The minimum Gasteiger partial charge on any atom is -0.504 e. The molecule has 0 radical (unpaired) electrons. The van der Waals surface area contributed by atoms with Gasteiger partial charge in [-0.25, -0.2) is 0 Å². The van der Waals surface area contributed by atoms with Gasteiger partial charge in [0.25, 0.3) is 0 Å². The molecule has 2 rings (SSSR count). The molecule has 6 heteroatoms. The molecule has 0 atom stereocenters. The van der Waals surface area contributed by atoms with Crippen molar-refractivity contribution in [3.05, 3.63) is 34.3 Å². The Hall–Kier alpha value is -2.21. The van der Waals surface area contributed by atoms with Crippen molar-refractivity contribution in [1.29, 1.82) is 0 Å². The van der Waals surface area contributed by atoms with Crippen molar-refractivity contribution in [2.24, 2.45) is 0 Å². The monoisotopic (exact) mass is 366 g/mol. The van der Waals surface area contributed by atoms with E-state index in [2.05, 4.69) is 15.9 Å². The highest BCUT2D eigenvalue weighted by molar-refractivity contribution is 9.10. The summed E-state index contributed by atoms with van der Waals surface area (Å²) in [5.74, 6) is -0.323. The largest absolute Gasteiger partial charge is 0.504 e. The van der Waals surface area contributed by atoms with Gasteiger partial charge in [0.15, 0.2) is 17.8 Å². The molecule has 5 nitrogen and oxygen atoms in total. The quantitative estimate of drug-likeness (QED) is 0.788. The van der Waals surface area contributed by atoms with E-state index in [0.29, 0.717) is 29.8 Å². The third kappa shape index (κ3) is 2.62. The normalized spacial score (nSPS) is 10.3. The van der Waals surface area contributed by atoms with Gasteiger partial charge in [-0.15, -0.1) is 0 Å². The number of hydrogen-bond acceptors (Lipinski definition) is 5. The summed E-state index contributed by atoms with van der Waals surface area (Å²) in [6, 6.07) is 7.06. The van der Waals surface area contributed by atoms with Crippen LogP contribution in [0.3, 0.4) is 0 Å². The zero-order valence-electron chi connectivity index (χ0n) is 12.1. The SMILES string of the molecule is CCOc1ccccc1-c1c(Br)c(O)c(OC)c(O)c1C=O. The summed E-state index contributed by atoms with van der Waals surface area (Å²) >= 11 is 3.26. The number of methoxy groups -OCH3 is 1. The van der Waals surface area contributed by atoms with Crippen molar-refractivity contribution < 1.29 is 24.5 Å². The number of aromatic hydroxyl groups is 2. The maximum absolute atomic E-state index is 11.5. The highest BCUT2D eigenvalue weighted by Gasteiger charge is 2.25. The van der Waals surface area contributed by atoms with Crippen LogP contribution in [0.15, 0.2) is 28.7 Å². The molecule has 0 aliphatic rings. The third-order valence-corrected chi connectivity index (χ3v) is 3.93. The molecule has 0 saturated carbocycles. The summed E-state index contributed by atoms with van der Waals surface area (Å²) in [6.45, 7) is 2.29. The number of phenolic OH excluding ortho intramolecular Hbond substituents is 2. The Kier molecular flexibility index (Phi) is 4.92. The molecule has 0 aromatic heterocycles. The molecule has 0 aliphatic heterocycles. The first-order valence-corrected chi connectivity index (χ1v) is 7.34. The van der Waals surface area contributed by atoms with E-state index in [9.17, 15) is 15.0 Å². The number of phenols is 2. The van der Waals surface area contributed by atoms with Gasteiger partial charge in [0.2, 0.25) is 5.75 Å². The second-order valence-corrected chi connectivity index (χ2v) is 5.17. The average molecular weight is 367 g/mol. The first kappa shape index (κ1) is 16.2. The van der Waals surface area contributed by atoms with Crippen LogP contribution in [0.4, 0.5) is 0 Å². The summed E-state index contributed by atoms with van der Waals surface area (Å²) in [5, 5.41) is 20.4. The number of hydrogen-bond donors (Lipinski definition) is 2. The fourth-order valence-electron chi connectivity index (χ4n) is 2.22. The van der Waals surface area contributed by atoms with Gasteiger partial charge < -0.3 is 19.7 Å². The number of rotatable bonds is 5. The molecule has 2 N–H and O–H groups in total. The maximum atomic E-state index is 11.5. The molecule has 116 valence electrons. The summed E-state index contributed by atoms with van der Waals surface area (Å²) in [7, 11) is 1.30. The lowest BCUT2D eigenvalue weighted by atomic mass is 9.97. The van der Waals surface area contributed by atoms with E-state index >= 15 is 0 Å². The van der Waals surface area contributed by atoms with E-state index in [-0.39, 0.29) is 21.5 Å². The van der Waals surface area contributed by atoms with Gasteiger partial charge in [-0.1, -0.05) is 18.2 Å². The van der Waals surface area contributed by atoms with Crippen LogP contribution in [-0.4, -0.2) is 30.2 Å². The number of carbonyl (C=O) groups excluding carboxylic acids is 1. The fourth-order valence-corrected chi connectivity index (χ4v) is 2.82. The molecule has 22 heavy (non-hydrogen) atoms. The minimum absolute atomic E-state index is 0.00804. The van der Waals surface area contributed by atoms with Gasteiger partial charge in [0, 0.05) is 11.1 Å². The molecule has 0 saturated heterocycles.